The van der Waals surface area contributed by atoms with Crippen LogP contribution >= 0.6 is 0 Å². The molecule has 0 rings (SSSR count). The fourth-order valence-corrected chi connectivity index (χ4v) is 0.779. The Bertz CT molecular complexity index is 190. The Hall–Kier alpha value is -0.650. The van der Waals surface area contributed by atoms with Gasteiger partial charge in [0.1, 0.15) is 0 Å². The zero-order valence-electron chi connectivity index (χ0n) is 8.95. The summed E-state index contributed by atoms with van der Waals surface area (Å²) >= 11 is 0. The van der Waals surface area contributed by atoms with Gasteiger partial charge < -0.3 is 21.3 Å². The van der Waals surface area contributed by atoms with Crippen molar-refractivity contribution in [2.75, 3.05) is 13.2 Å². The fraction of sp³-hybridized carbons (Fsp3) is 0.889. The molecule has 0 aliphatic rings. The van der Waals surface area contributed by atoms with Crippen molar-refractivity contribution in [3.8, 4) is 0 Å². The first-order valence-corrected chi connectivity index (χ1v) is 4.65. The number of hydrogen-bond donors (Lipinski definition) is 4. The topological polar surface area (TPSA) is 95.6 Å². The Morgan fingerprint density at radius 2 is 1.86 bits per heavy atom. The van der Waals surface area contributed by atoms with Gasteiger partial charge in [-0.25, -0.2) is 0 Å². The molecule has 2 unspecified atom stereocenters. The number of nitrogens with one attached hydrogen (secondary N) is 1. The first kappa shape index (κ1) is 13.4. The Morgan fingerprint density at radius 3 is 2.14 bits per heavy atom. The molecule has 0 bridgehead atoms. The summed E-state index contributed by atoms with van der Waals surface area (Å²) in [6, 6.07) is -0.253. The van der Waals surface area contributed by atoms with E-state index >= 15 is 0 Å². The molecule has 2 atom stereocenters. The smallest absolute Gasteiger partial charge is 0.224 e. The van der Waals surface area contributed by atoms with Gasteiger partial charge >= 0.3 is 0 Å². The molecule has 0 radical (unpaired) electrons. The van der Waals surface area contributed by atoms with E-state index in [1.54, 1.807) is 20.8 Å². The van der Waals surface area contributed by atoms with E-state index in [4.69, 9.17) is 15.9 Å². The molecule has 1 amide bonds. The van der Waals surface area contributed by atoms with Gasteiger partial charge in [0.05, 0.1) is 18.8 Å². The summed E-state index contributed by atoms with van der Waals surface area (Å²) in [4.78, 5) is 11.5. The maximum absolute atomic E-state index is 11.5. The maximum Gasteiger partial charge on any atom is 0.224 e. The minimum absolute atomic E-state index is 0.253. The van der Waals surface area contributed by atoms with Crippen LogP contribution in [0.5, 0.6) is 0 Å². The van der Waals surface area contributed by atoms with E-state index in [9.17, 15) is 4.79 Å². The third-order valence-electron chi connectivity index (χ3n) is 2.33. The van der Waals surface area contributed by atoms with Crippen LogP contribution in [0.1, 0.15) is 20.8 Å². The summed E-state index contributed by atoms with van der Waals surface area (Å²) in [5, 5.41) is 20.5. The molecule has 0 fully saturated rings. The second-order valence-electron chi connectivity index (χ2n) is 4.01. The van der Waals surface area contributed by atoms with Gasteiger partial charge in [-0.2, -0.15) is 0 Å². The molecule has 84 valence electrons. The van der Waals surface area contributed by atoms with E-state index in [-0.39, 0.29) is 31.1 Å². The first-order chi connectivity index (χ1) is 6.36. The highest BCUT2D eigenvalue weighted by atomic mass is 16.3. The molecule has 5 heteroatoms. The van der Waals surface area contributed by atoms with Gasteiger partial charge in [-0.15, -0.1) is 0 Å². The Morgan fingerprint density at radius 1 is 1.43 bits per heavy atom. The number of amides is 1. The second-order valence-corrected chi connectivity index (χ2v) is 4.01. The molecule has 0 spiro atoms. The summed E-state index contributed by atoms with van der Waals surface area (Å²) in [6.45, 7) is 4.40. The minimum atomic E-state index is -0.972. The highest BCUT2D eigenvalue weighted by Crippen LogP contribution is 2.05. The molecule has 0 aliphatic heterocycles. The van der Waals surface area contributed by atoms with Crippen molar-refractivity contribution in [3.05, 3.63) is 0 Å². The number of aliphatic hydroxyl groups is 2. The van der Waals surface area contributed by atoms with Crippen LogP contribution in [0, 0.1) is 5.92 Å². The van der Waals surface area contributed by atoms with Crippen molar-refractivity contribution < 1.29 is 15.0 Å². The van der Waals surface area contributed by atoms with Gasteiger partial charge in [0, 0.05) is 12.0 Å². The molecule has 0 saturated heterocycles. The summed E-state index contributed by atoms with van der Waals surface area (Å²) < 4.78 is 0. The summed E-state index contributed by atoms with van der Waals surface area (Å²) in [6.07, 6.45) is 0. The molecular formula is C9H20N2O3. The van der Waals surface area contributed by atoms with Crippen LogP contribution in [0.2, 0.25) is 0 Å². The summed E-state index contributed by atoms with van der Waals surface area (Å²) in [5.41, 5.74) is 4.58. The zero-order chi connectivity index (χ0) is 11.4. The van der Waals surface area contributed by atoms with Crippen LogP contribution in [0.15, 0.2) is 0 Å². The number of rotatable bonds is 5. The second kappa shape index (κ2) is 5.29. The van der Waals surface area contributed by atoms with E-state index in [1.807, 2.05) is 0 Å². The summed E-state index contributed by atoms with van der Waals surface area (Å²) in [7, 11) is 0. The quantitative estimate of drug-likeness (QED) is 0.454. The van der Waals surface area contributed by atoms with E-state index in [2.05, 4.69) is 5.32 Å². The number of nitrogens with two attached hydrogens (primary N) is 1. The predicted octanol–water partition coefficient (Wildman–Crippen LogP) is -1.17. The Balaban J connectivity index is 4.30. The van der Waals surface area contributed by atoms with Crippen molar-refractivity contribution >= 4 is 5.91 Å². The lowest BCUT2D eigenvalue weighted by Crippen LogP contribution is -2.54. The monoisotopic (exact) mass is 204 g/mol. The van der Waals surface area contributed by atoms with Crippen LogP contribution in [0.25, 0.3) is 0 Å². The molecule has 5 nitrogen and oxygen atoms in total. The highest BCUT2D eigenvalue weighted by Gasteiger charge is 2.27. The molecule has 0 saturated carbocycles. The molecular weight excluding hydrogens is 184 g/mol. The van der Waals surface area contributed by atoms with Crippen molar-refractivity contribution in [2.24, 2.45) is 11.7 Å². The normalized spacial score (nSPS) is 16.1. The van der Waals surface area contributed by atoms with Crippen LogP contribution in [0.3, 0.4) is 0 Å². The third-order valence-corrected chi connectivity index (χ3v) is 2.33. The lowest BCUT2D eigenvalue weighted by Gasteiger charge is -2.28. The standard InChI is InChI=1S/C9H20N2O3/c1-6(7(2)10)8(14)11-9(3,4-12)5-13/h6-7,12-13H,4-5,10H2,1-3H3,(H,11,14). The van der Waals surface area contributed by atoms with Gasteiger partial charge in [-0.05, 0) is 13.8 Å². The highest BCUT2D eigenvalue weighted by molar-refractivity contribution is 5.79. The van der Waals surface area contributed by atoms with Crippen LogP contribution < -0.4 is 11.1 Å². The van der Waals surface area contributed by atoms with Gasteiger partial charge in [0.2, 0.25) is 5.91 Å². The van der Waals surface area contributed by atoms with Gasteiger partial charge in [0.15, 0.2) is 0 Å². The molecule has 0 aliphatic carbocycles. The molecule has 14 heavy (non-hydrogen) atoms. The number of carbonyl (C=O) groups is 1. The van der Waals surface area contributed by atoms with Crippen molar-refractivity contribution in [3.63, 3.8) is 0 Å². The third kappa shape index (κ3) is 3.61. The van der Waals surface area contributed by atoms with Gasteiger partial charge in [-0.1, -0.05) is 6.92 Å². The minimum Gasteiger partial charge on any atom is -0.394 e. The van der Waals surface area contributed by atoms with Crippen molar-refractivity contribution in [2.45, 2.75) is 32.4 Å². The number of hydrogen-bond acceptors (Lipinski definition) is 4. The average Bonchev–Trinajstić information content (AvgIpc) is 2.16. The van der Waals surface area contributed by atoms with E-state index in [0.29, 0.717) is 0 Å². The van der Waals surface area contributed by atoms with E-state index in [0.717, 1.165) is 0 Å². The van der Waals surface area contributed by atoms with Crippen molar-refractivity contribution in [1.82, 2.24) is 5.32 Å². The predicted molar refractivity (Wildman–Crippen MR) is 53.5 cm³/mol. The van der Waals surface area contributed by atoms with Crippen molar-refractivity contribution in [1.29, 1.82) is 0 Å². The van der Waals surface area contributed by atoms with Crippen LogP contribution in [-0.4, -0.2) is 40.9 Å². The number of carbonyl (C=O) groups excluding carboxylic acids is 1. The van der Waals surface area contributed by atoms with E-state index in [1.165, 1.54) is 0 Å². The largest absolute Gasteiger partial charge is 0.394 e. The maximum atomic E-state index is 11.5. The Kier molecular flexibility index (Phi) is 5.04. The number of aliphatic hydroxyl groups excluding tert-OH is 2. The molecule has 0 aromatic heterocycles. The molecule has 0 aromatic carbocycles. The average molecular weight is 204 g/mol. The van der Waals surface area contributed by atoms with Crippen LogP contribution in [-0.2, 0) is 4.79 Å². The zero-order valence-corrected chi connectivity index (χ0v) is 8.95. The molecule has 0 aromatic rings. The lowest BCUT2D eigenvalue weighted by atomic mass is 10.00. The molecule has 5 N–H and O–H groups in total. The summed E-state index contributed by atoms with van der Waals surface area (Å²) in [5.74, 6) is -0.599. The Labute approximate surface area is 84.3 Å². The van der Waals surface area contributed by atoms with Gasteiger partial charge in [0.25, 0.3) is 0 Å². The SMILES string of the molecule is CC(N)C(C)C(=O)NC(C)(CO)CO. The fourth-order valence-electron chi connectivity index (χ4n) is 0.779. The molecule has 0 heterocycles. The van der Waals surface area contributed by atoms with E-state index < -0.39 is 5.54 Å². The van der Waals surface area contributed by atoms with Gasteiger partial charge in [-0.3, -0.25) is 4.79 Å². The first-order valence-electron chi connectivity index (χ1n) is 4.65. The lowest BCUT2D eigenvalue weighted by molar-refractivity contribution is -0.128. The van der Waals surface area contributed by atoms with Crippen LogP contribution in [0.4, 0.5) is 0 Å².